The third-order valence-electron chi connectivity index (χ3n) is 4.43. The number of aromatic nitrogens is 3. The maximum Gasteiger partial charge on any atom is 0.348 e. The van der Waals surface area contributed by atoms with Gasteiger partial charge in [0.05, 0.1) is 22.8 Å². The van der Waals surface area contributed by atoms with Gasteiger partial charge in [-0.15, -0.1) is 0 Å². The number of anilines is 2. The van der Waals surface area contributed by atoms with Gasteiger partial charge in [0.1, 0.15) is 11.5 Å². The second-order valence-electron chi connectivity index (χ2n) is 5.97. The number of aryl methyl sites for hydroxylation is 1. The Labute approximate surface area is 126 Å². The minimum atomic E-state index is -0.452. The lowest BCUT2D eigenvalue weighted by Gasteiger charge is -2.39. The van der Waals surface area contributed by atoms with Crippen molar-refractivity contribution in [3.8, 4) is 0 Å². The van der Waals surface area contributed by atoms with E-state index in [1.165, 1.54) is 0 Å². The van der Waals surface area contributed by atoms with Crippen LogP contribution in [0.4, 0.5) is 15.9 Å². The molecular formula is C14H17FN6O. The van der Waals surface area contributed by atoms with Gasteiger partial charge in [0.15, 0.2) is 5.82 Å². The molecule has 0 spiro atoms. The number of H-pyrrole nitrogens is 1. The molecule has 1 atom stereocenters. The largest absolute Gasteiger partial charge is 0.380 e. The van der Waals surface area contributed by atoms with E-state index in [1.807, 2.05) is 0 Å². The molecule has 0 aromatic carbocycles. The fraction of sp³-hybridized carbons (Fsp3) is 0.500. The van der Waals surface area contributed by atoms with E-state index >= 15 is 0 Å². The Kier molecular flexibility index (Phi) is 2.83. The summed E-state index contributed by atoms with van der Waals surface area (Å²) in [6.07, 6.45) is 0. The highest BCUT2D eigenvalue weighted by atomic mass is 19.1. The van der Waals surface area contributed by atoms with Gasteiger partial charge >= 0.3 is 5.69 Å². The lowest BCUT2D eigenvalue weighted by atomic mass is 10.1. The van der Waals surface area contributed by atoms with Crippen molar-refractivity contribution in [1.82, 2.24) is 19.9 Å². The molecule has 7 nitrogen and oxygen atoms in total. The SMILES string of the molecule is Cc1nc2[nH]c(=O)nc3c2c(c1F)NCC1CN(C)CCN31. The second-order valence-corrected chi connectivity index (χ2v) is 5.97. The van der Waals surface area contributed by atoms with Crippen LogP contribution in [-0.4, -0.2) is 59.1 Å². The van der Waals surface area contributed by atoms with E-state index in [4.69, 9.17) is 0 Å². The van der Waals surface area contributed by atoms with Gasteiger partial charge in [0.25, 0.3) is 0 Å². The van der Waals surface area contributed by atoms with E-state index in [9.17, 15) is 9.18 Å². The van der Waals surface area contributed by atoms with Crippen molar-refractivity contribution in [2.24, 2.45) is 0 Å². The first-order chi connectivity index (χ1) is 10.5. The molecule has 4 heterocycles. The first-order valence-electron chi connectivity index (χ1n) is 7.34. The summed E-state index contributed by atoms with van der Waals surface area (Å²) in [5.74, 6) is 0.152. The molecule has 1 fully saturated rings. The molecule has 0 aliphatic carbocycles. The van der Waals surface area contributed by atoms with Gasteiger partial charge < -0.3 is 15.1 Å². The van der Waals surface area contributed by atoms with Crippen LogP contribution in [0.3, 0.4) is 0 Å². The van der Waals surface area contributed by atoms with Crippen molar-refractivity contribution in [2.45, 2.75) is 13.0 Å². The molecule has 0 bridgehead atoms. The zero-order chi connectivity index (χ0) is 15.4. The predicted molar refractivity (Wildman–Crippen MR) is 82.0 cm³/mol. The van der Waals surface area contributed by atoms with Crippen LogP contribution in [0, 0.1) is 12.7 Å². The Morgan fingerprint density at radius 2 is 2.14 bits per heavy atom. The number of hydrogen-bond donors (Lipinski definition) is 2. The van der Waals surface area contributed by atoms with Crippen LogP contribution >= 0.6 is 0 Å². The summed E-state index contributed by atoms with van der Waals surface area (Å²) in [6, 6.07) is 0.142. The lowest BCUT2D eigenvalue weighted by molar-refractivity contribution is 0.272. The van der Waals surface area contributed by atoms with E-state index in [0.717, 1.165) is 19.6 Å². The van der Waals surface area contributed by atoms with Crippen LogP contribution in [0.5, 0.6) is 0 Å². The number of pyridine rings is 1. The molecular weight excluding hydrogens is 287 g/mol. The number of piperazine rings is 1. The monoisotopic (exact) mass is 304 g/mol. The van der Waals surface area contributed by atoms with Crippen LogP contribution < -0.4 is 15.9 Å². The Morgan fingerprint density at radius 3 is 2.95 bits per heavy atom. The summed E-state index contributed by atoms with van der Waals surface area (Å²) in [5, 5.41) is 3.76. The zero-order valence-corrected chi connectivity index (χ0v) is 12.5. The third kappa shape index (κ3) is 1.87. The molecule has 2 N–H and O–H groups in total. The highest BCUT2D eigenvalue weighted by Crippen LogP contribution is 2.35. The average molecular weight is 304 g/mol. The quantitative estimate of drug-likeness (QED) is 0.729. The van der Waals surface area contributed by atoms with Crippen molar-refractivity contribution in [1.29, 1.82) is 0 Å². The van der Waals surface area contributed by atoms with E-state index in [2.05, 4.69) is 37.1 Å². The Bertz CT molecular complexity index is 819. The fourth-order valence-electron chi connectivity index (χ4n) is 3.33. The summed E-state index contributed by atoms with van der Waals surface area (Å²) < 4.78 is 14.5. The van der Waals surface area contributed by atoms with Gasteiger partial charge in [0, 0.05) is 26.2 Å². The molecule has 22 heavy (non-hydrogen) atoms. The summed E-state index contributed by atoms with van der Waals surface area (Å²) in [5.41, 5.74) is 0.584. The fourth-order valence-corrected chi connectivity index (χ4v) is 3.33. The van der Waals surface area contributed by atoms with Crippen molar-refractivity contribution in [2.75, 3.05) is 43.4 Å². The number of fused-ring (bicyclic) bond motifs is 2. The van der Waals surface area contributed by atoms with Gasteiger partial charge in [0.2, 0.25) is 0 Å². The van der Waals surface area contributed by atoms with Crippen LogP contribution in [0.1, 0.15) is 5.69 Å². The summed E-state index contributed by atoms with van der Waals surface area (Å²) >= 11 is 0. The van der Waals surface area contributed by atoms with E-state index in [1.54, 1.807) is 6.92 Å². The van der Waals surface area contributed by atoms with Crippen molar-refractivity contribution >= 4 is 22.5 Å². The normalized spacial score (nSPS) is 21.4. The first kappa shape index (κ1) is 13.4. The molecule has 0 saturated carbocycles. The number of rotatable bonds is 0. The Morgan fingerprint density at radius 1 is 1.32 bits per heavy atom. The van der Waals surface area contributed by atoms with E-state index < -0.39 is 5.69 Å². The molecule has 116 valence electrons. The van der Waals surface area contributed by atoms with Crippen molar-refractivity contribution in [3.05, 3.63) is 22.0 Å². The Hall–Kier alpha value is -2.22. The smallest absolute Gasteiger partial charge is 0.348 e. The van der Waals surface area contributed by atoms with Crippen molar-refractivity contribution in [3.63, 3.8) is 0 Å². The second kappa shape index (κ2) is 4.64. The van der Waals surface area contributed by atoms with Crippen molar-refractivity contribution < 1.29 is 4.39 Å². The standard InChI is InChI=1S/C14H17FN6O/c1-7-10(15)11-9-12(17-7)18-14(22)19-13(9)21-4-3-20(2)6-8(21)5-16-11/h8,16H,3-6H2,1-2H3,(H,17,18,19,22). The average Bonchev–Trinajstić information content (AvgIpc) is 2.62. The molecule has 4 rings (SSSR count). The minimum Gasteiger partial charge on any atom is -0.380 e. The number of aromatic amines is 1. The van der Waals surface area contributed by atoms with Crippen LogP contribution in [-0.2, 0) is 0 Å². The lowest BCUT2D eigenvalue weighted by Crippen LogP contribution is -2.54. The number of halogens is 1. The molecule has 2 aromatic rings. The van der Waals surface area contributed by atoms with E-state index in [-0.39, 0.29) is 17.6 Å². The number of nitrogens with one attached hydrogen (secondary N) is 2. The number of nitrogens with zero attached hydrogens (tertiary/aromatic N) is 4. The summed E-state index contributed by atoms with van der Waals surface area (Å²) in [6.45, 7) is 4.67. The third-order valence-corrected chi connectivity index (χ3v) is 4.43. The number of hydrogen-bond acceptors (Lipinski definition) is 6. The minimum absolute atomic E-state index is 0.142. The summed E-state index contributed by atoms with van der Waals surface area (Å²) in [7, 11) is 2.06. The topological polar surface area (TPSA) is 77.1 Å². The molecule has 1 saturated heterocycles. The summed E-state index contributed by atoms with van der Waals surface area (Å²) in [4.78, 5) is 27.1. The first-order valence-corrected chi connectivity index (χ1v) is 7.34. The van der Waals surface area contributed by atoms with Gasteiger partial charge in [-0.3, -0.25) is 4.98 Å². The molecule has 2 aromatic heterocycles. The van der Waals surface area contributed by atoms with Crippen LogP contribution in [0.15, 0.2) is 4.79 Å². The van der Waals surface area contributed by atoms with Gasteiger partial charge in [-0.2, -0.15) is 4.98 Å². The highest BCUT2D eigenvalue weighted by Gasteiger charge is 2.32. The highest BCUT2D eigenvalue weighted by molar-refractivity contribution is 5.99. The van der Waals surface area contributed by atoms with E-state index in [0.29, 0.717) is 29.1 Å². The molecule has 2 aliphatic rings. The molecule has 1 unspecified atom stereocenters. The van der Waals surface area contributed by atoms with Gasteiger partial charge in [-0.05, 0) is 14.0 Å². The molecule has 2 aliphatic heterocycles. The maximum absolute atomic E-state index is 14.5. The van der Waals surface area contributed by atoms with Crippen LogP contribution in [0.2, 0.25) is 0 Å². The van der Waals surface area contributed by atoms with Gasteiger partial charge in [-0.1, -0.05) is 0 Å². The molecule has 0 amide bonds. The Balaban J connectivity index is 2.02. The predicted octanol–water partition coefficient (Wildman–Crippen LogP) is 0.312. The van der Waals surface area contributed by atoms with Gasteiger partial charge in [-0.25, -0.2) is 14.2 Å². The molecule has 8 heteroatoms. The maximum atomic E-state index is 14.5. The number of likely N-dealkylation sites (N-methyl/N-ethyl adjacent to an activating group) is 1. The molecule has 0 radical (unpaired) electrons. The van der Waals surface area contributed by atoms with Crippen LogP contribution in [0.25, 0.3) is 11.0 Å². The zero-order valence-electron chi connectivity index (χ0n) is 12.5.